The summed E-state index contributed by atoms with van der Waals surface area (Å²) in [6.07, 6.45) is 0. The summed E-state index contributed by atoms with van der Waals surface area (Å²) in [7, 11) is -2.50. The van der Waals surface area contributed by atoms with Crippen molar-refractivity contribution in [2.75, 3.05) is 26.8 Å². The SMILES string of the molecule is CCN(CC)S(=O)(=O)c1cc(C(=O)OCC(=O)c2ccc(C(C)(C)C)cc2)ccc1OC. The first-order valence-corrected chi connectivity index (χ1v) is 11.9. The van der Waals surface area contributed by atoms with Crippen molar-refractivity contribution < 1.29 is 27.5 Å². The molecule has 0 fully saturated rings. The number of nitrogens with zero attached hydrogens (tertiary/aromatic N) is 1. The molecule has 7 nitrogen and oxygen atoms in total. The summed E-state index contributed by atoms with van der Waals surface area (Å²) in [6.45, 7) is 9.80. The highest BCUT2D eigenvalue weighted by Crippen LogP contribution is 2.28. The van der Waals surface area contributed by atoms with E-state index in [0.717, 1.165) is 5.56 Å². The third-order valence-electron chi connectivity index (χ3n) is 5.13. The van der Waals surface area contributed by atoms with Gasteiger partial charge in [0.25, 0.3) is 0 Å². The minimum atomic E-state index is -3.86. The highest BCUT2D eigenvalue weighted by molar-refractivity contribution is 7.89. The number of methoxy groups -OCH3 is 1. The van der Waals surface area contributed by atoms with Gasteiger partial charge in [0, 0.05) is 18.7 Å². The summed E-state index contributed by atoms with van der Waals surface area (Å²) >= 11 is 0. The van der Waals surface area contributed by atoms with Gasteiger partial charge in [-0.1, -0.05) is 58.9 Å². The maximum Gasteiger partial charge on any atom is 0.338 e. The van der Waals surface area contributed by atoms with Crippen molar-refractivity contribution in [3.63, 3.8) is 0 Å². The van der Waals surface area contributed by atoms with E-state index >= 15 is 0 Å². The number of Topliss-reactive ketones (excluding diaryl/α,β-unsaturated/α-hetero) is 1. The number of hydrogen-bond donors (Lipinski definition) is 0. The molecule has 2 aromatic carbocycles. The van der Waals surface area contributed by atoms with Crippen LogP contribution in [0.5, 0.6) is 5.75 Å². The van der Waals surface area contributed by atoms with Crippen LogP contribution in [0.4, 0.5) is 0 Å². The molecule has 8 heteroatoms. The number of hydrogen-bond acceptors (Lipinski definition) is 6. The molecule has 0 radical (unpaired) electrons. The fourth-order valence-electron chi connectivity index (χ4n) is 3.16. The maximum atomic E-state index is 12.9. The Labute approximate surface area is 190 Å². The smallest absolute Gasteiger partial charge is 0.338 e. The van der Waals surface area contributed by atoms with Gasteiger partial charge < -0.3 is 9.47 Å². The lowest BCUT2D eigenvalue weighted by molar-refractivity contribution is 0.0474. The van der Waals surface area contributed by atoms with E-state index in [1.165, 1.54) is 29.6 Å². The molecular formula is C24H31NO6S. The van der Waals surface area contributed by atoms with E-state index in [0.29, 0.717) is 5.56 Å². The summed E-state index contributed by atoms with van der Waals surface area (Å²) in [5, 5.41) is 0. The van der Waals surface area contributed by atoms with Crippen molar-refractivity contribution in [3.8, 4) is 5.75 Å². The highest BCUT2D eigenvalue weighted by atomic mass is 32.2. The topological polar surface area (TPSA) is 90.0 Å². The molecule has 0 spiro atoms. The molecule has 0 bridgehead atoms. The lowest BCUT2D eigenvalue weighted by Crippen LogP contribution is -2.31. The van der Waals surface area contributed by atoms with E-state index in [2.05, 4.69) is 20.8 Å². The fraction of sp³-hybridized carbons (Fsp3) is 0.417. The largest absolute Gasteiger partial charge is 0.495 e. The van der Waals surface area contributed by atoms with Gasteiger partial charge in [-0.15, -0.1) is 0 Å². The molecular weight excluding hydrogens is 430 g/mol. The predicted molar refractivity (Wildman–Crippen MR) is 123 cm³/mol. The molecule has 0 aliphatic rings. The van der Waals surface area contributed by atoms with Gasteiger partial charge in [0.1, 0.15) is 10.6 Å². The normalized spacial score (nSPS) is 12.0. The molecule has 0 saturated heterocycles. The van der Waals surface area contributed by atoms with Crippen LogP contribution in [0.3, 0.4) is 0 Å². The molecule has 32 heavy (non-hydrogen) atoms. The van der Waals surface area contributed by atoms with E-state index < -0.39 is 22.6 Å². The zero-order valence-electron chi connectivity index (χ0n) is 19.5. The Morgan fingerprint density at radius 1 is 0.938 bits per heavy atom. The number of ketones is 1. The monoisotopic (exact) mass is 461 g/mol. The molecule has 0 aliphatic heterocycles. The lowest BCUT2D eigenvalue weighted by Gasteiger charge is -2.20. The Morgan fingerprint density at radius 3 is 2.00 bits per heavy atom. The second-order valence-corrected chi connectivity index (χ2v) is 10.2. The second kappa shape index (κ2) is 10.3. The van der Waals surface area contributed by atoms with Crippen LogP contribution in [0.1, 0.15) is 60.9 Å². The van der Waals surface area contributed by atoms with Crippen LogP contribution in [0, 0.1) is 0 Å². The summed E-state index contributed by atoms with van der Waals surface area (Å²) in [5.41, 5.74) is 1.51. The minimum absolute atomic E-state index is 0.0208. The molecule has 0 N–H and O–H groups in total. The van der Waals surface area contributed by atoms with Crippen LogP contribution in [0.2, 0.25) is 0 Å². The predicted octanol–water partition coefficient (Wildman–Crippen LogP) is 4.06. The summed E-state index contributed by atoms with van der Waals surface area (Å²) in [4.78, 5) is 24.8. The number of carbonyl (C=O) groups excluding carboxylic acids is 2. The Morgan fingerprint density at radius 2 is 1.50 bits per heavy atom. The van der Waals surface area contributed by atoms with Crippen LogP contribution >= 0.6 is 0 Å². The summed E-state index contributed by atoms with van der Waals surface area (Å²) in [5.74, 6) is -1.00. The van der Waals surface area contributed by atoms with Gasteiger partial charge in [0.15, 0.2) is 12.4 Å². The zero-order valence-corrected chi connectivity index (χ0v) is 20.3. The molecule has 0 heterocycles. The van der Waals surface area contributed by atoms with Crippen LogP contribution < -0.4 is 4.74 Å². The van der Waals surface area contributed by atoms with Crippen molar-refractivity contribution in [2.24, 2.45) is 0 Å². The van der Waals surface area contributed by atoms with Crippen LogP contribution in [0.15, 0.2) is 47.4 Å². The number of ether oxygens (including phenoxy) is 2. The van der Waals surface area contributed by atoms with Crippen LogP contribution in [-0.2, 0) is 20.2 Å². The Bertz CT molecular complexity index is 1060. The molecule has 0 aromatic heterocycles. The standard InChI is InChI=1S/C24H31NO6S/c1-7-25(8-2)32(28,29)22-15-18(11-14-21(22)30-6)23(27)31-16-20(26)17-9-12-19(13-10-17)24(3,4)5/h9-15H,7-8,16H2,1-6H3. The van der Waals surface area contributed by atoms with E-state index in [-0.39, 0.29) is 40.5 Å². The first-order valence-electron chi connectivity index (χ1n) is 10.4. The third kappa shape index (κ3) is 5.75. The molecule has 2 aromatic rings. The number of benzene rings is 2. The minimum Gasteiger partial charge on any atom is -0.495 e. The number of rotatable bonds is 9. The van der Waals surface area contributed by atoms with Crippen molar-refractivity contribution in [2.45, 2.75) is 44.9 Å². The van der Waals surface area contributed by atoms with Gasteiger partial charge in [-0.25, -0.2) is 13.2 Å². The van der Waals surface area contributed by atoms with Gasteiger partial charge in [0.2, 0.25) is 10.0 Å². The van der Waals surface area contributed by atoms with Crippen molar-refractivity contribution in [3.05, 3.63) is 59.2 Å². The third-order valence-corrected chi connectivity index (χ3v) is 7.20. The van der Waals surface area contributed by atoms with E-state index in [4.69, 9.17) is 9.47 Å². The molecule has 0 amide bonds. The quantitative estimate of drug-likeness (QED) is 0.413. The van der Waals surface area contributed by atoms with E-state index in [1.807, 2.05) is 12.1 Å². The first kappa shape index (κ1) is 25.5. The fourth-order valence-corrected chi connectivity index (χ4v) is 4.80. The van der Waals surface area contributed by atoms with Crippen LogP contribution in [-0.4, -0.2) is 51.3 Å². The van der Waals surface area contributed by atoms with Gasteiger partial charge in [-0.2, -0.15) is 4.31 Å². The molecule has 0 unspecified atom stereocenters. The van der Waals surface area contributed by atoms with Crippen molar-refractivity contribution >= 4 is 21.8 Å². The second-order valence-electron chi connectivity index (χ2n) is 8.28. The lowest BCUT2D eigenvalue weighted by atomic mass is 9.86. The summed E-state index contributed by atoms with van der Waals surface area (Å²) < 4.78 is 37.5. The molecule has 0 atom stereocenters. The van der Waals surface area contributed by atoms with Gasteiger partial charge in [0.05, 0.1) is 12.7 Å². The van der Waals surface area contributed by atoms with Crippen molar-refractivity contribution in [1.82, 2.24) is 4.31 Å². The molecule has 0 aliphatic carbocycles. The van der Waals surface area contributed by atoms with Gasteiger partial charge >= 0.3 is 5.97 Å². The van der Waals surface area contributed by atoms with E-state index in [9.17, 15) is 18.0 Å². The molecule has 174 valence electrons. The average molecular weight is 462 g/mol. The number of sulfonamides is 1. The summed E-state index contributed by atoms with van der Waals surface area (Å²) in [6, 6.07) is 11.2. The highest BCUT2D eigenvalue weighted by Gasteiger charge is 2.27. The Hall–Kier alpha value is -2.71. The average Bonchev–Trinajstić information content (AvgIpc) is 2.76. The van der Waals surface area contributed by atoms with Gasteiger partial charge in [-0.3, -0.25) is 4.79 Å². The van der Waals surface area contributed by atoms with Crippen molar-refractivity contribution in [1.29, 1.82) is 0 Å². The Kier molecular flexibility index (Phi) is 8.20. The number of carbonyl (C=O) groups is 2. The first-order chi connectivity index (χ1) is 14.9. The molecule has 0 saturated carbocycles. The van der Waals surface area contributed by atoms with Crippen LogP contribution in [0.25, 0.3) is 0 Å². The zero-order chi connectivity index (χ0) is 24.1. The number of esters is 1. The van der Waals surface area contributed by atoms with E-state index in [1.54, 1.807) is 26.0 Å². The van der Waals surface area contributed by atoms with Gasteiger partial charge in [-0.05, 0) is 29.2 Å². The Balaban J connectivity index is 2.19. The molecule has 2 rings (SSSR count). The maximum absolute atomic E-state index is 12.9.